The summed E-state index contributed by atoms with van der Waals surface area (Å²) in [6, 6.07) is 11.2. The summed E-state index contributed by atoms with van der Waals surface area (Å²) in [5.74, 6) is 0.619. The molecule has 0 aliphatic heterocycles. The molecule has 0 bridgehead atoms. The van der Waals surface area contributed by atoms with E-state index in [2.05, 4.69) is 15.6 Å². The van der Waals surface area contributed by atoms with E-state index in [0.29, 0.717) is 18.7 Å². The predicted octanol–water partition coefficient (Wildman–Crippen LogP) is 2.64. The van der Waals surface area contributed by atoms with Crippen molar-refractivity contribution in [2.75, 3.05) is 32.5 Å². The first-order valence-corrected chi connectivity index (χ1v) is 7.79. The first-order chi connectivity index (χ1) is 11.0. The molecule has 23 heavy (non-hydrogen) atoms. The van der Waals surface area contributed by atoms with Crippen molar-refractivity contribution in [2.45, 2.75) is 6.54 Å². The van der Waals surface area contributed by atoms with Crippen LogP contribution in [0.15, 0.2) is 42.6 Å². The zero-order chi connectivity index (χ0) is 16.7. The molecule has 0 radical (unpaired) electrons. The Morgan fingerprint density at radius 1 is 1.17 bits per heavy atom. The number of hydrogen-bond donors (Lipinski definition) is 2. The lowest BCUT2D eigenvalue weighted by Crippen LogP contribution is -2.31. The van der Waals surface area contributed by atoms with Crippen LogP contribution >= 0.6 is 11.6 Å². The van der Waals surface area contributed by atoms with E-state index < -0.39 is 0 Å². The standard InChI is InChI=1S/C17H21ClN4O/c1-22(2)10-9-19-17(23)14-5-8-16(21-12-14)20-11-13-3-6-15(18)7-4-13/h3-8,12H,9-11H2,1-2H3,(H,19,23)(H,20,21). The van der Waals surface area contributed by atoms with Gasteiger partial charge in [-0.05, 0) is 43.9 Å². The second kappa shape index (κ2) is 8.50. The third-order valence-electron chi connectivity index (χ3n) is 3.26. The number of amides is 1. The van der Waals surface area contributed by atoms with Gasteiger partial charge in [-0.1, -0.05) is 23.7 Å². The zero-order valence-corrected chi connectivity index (χ0v) is 14.1. The molecule has 0 fully saturated rings. The van der Waals surface area contributed by atoms with E-state index >= 15 is 0 Å². The predicted molar refractivity (Wildman–Crippen MR) is 93.9 cm³/mol. The number of carbonyl (C=O) groups excluding carboxylic acids is 1. The minimum absolute atomic E-state index is 0.108. The van der Waals surface area contributed by atoms with Gasteiger partial charge >= 0.3 is 0 Å². The van der Waals surface area contributed by atoms with E-state index in [0.717, 1.165) is 22.9 Å². The van der Waals surface area contributed by atoms with Crippen LogP contribution in [0.5, 0.6) is 0 Å². The Morgan fingerprint density at radius 2 is 1.91 bits per heavy atom. The van der Waals surface area contributed by atoms with Crippen molar-refractivity contribution in [2.24, 2.45) is 0 Å². The lowest BCUT2D eigenvalue weighted by Gasteiger charge is -2.10. The van der Waals surface area contributed by atoms with Crippen molar-refractivity contribution in [1.29, 1.82) is 0 Å². The smallest absolute Gasteiger partial charge is 0.252 e. The molecule has 1 amide bonds. The van der Waals surface area contributed by atoms with Crippen molar-refractivity contribution >= 4 is 23.3 Å². The van der Waals surface area contributed by atoms with Crippen molar-refractivity contribution in [1.82, 2.24) is 15.2 Å². The third-order valence-corrected chi connectivity index (χ3v) is 3.51. The van der Waals surface area contributed by atoms with Gasteiger partial charge in [-0.3, -0.25) is 4.79 Å². The first-order valence-electron chi connectivity index (χ1n) is 7.42. The normalized spacial score (nSPS) is 10.6. The first kappa shape index (κ1) is 17.2. The van der Waals surface area contributed by atoms with Gasteiger partial charge in [-0.15, -0.1) is 0 Å². The van der Waals surface area contributed by atoms with Crippen LogP contribution in [0.25, 0.3) is 0 Å². The average molecular weight is 333 g/mol. The number of aromatic nitrogens is 1. The fraction of sp³-hybridized carbons (Fsp3) is 0.294. The summed E-state index contributed by atoms with van der Waals surface area (Å²) in [6.45, 7) is 2.07. The molecule has 1 heterocycles. The molecule has 0 aliphatic carbocycles. The van der Waals surface area contributed by atoms with Gasteiger partial charge in [0.15, 0.2) is 0 Å². The minimum Gasteiger partial charge on any atom is -0.366 e. The summed E-state index contributed by atoms with van der Waals surface area (Å²) in [6.07, 6.45) is 1.58. The summed E-state index contributed by atoms with van der Waals surface area (Å²) in [5, 5.41) is 6.79. The topological polar surface area (TPSA) is 57.3 Å². The van der Waals surface area contributed by atoms with E-state index in [1.165, 1.54) is 0 Å². The van der Waals surface area contributed by atoms with Crippen LogP contribution in [-0.2, 0) is 6.54 Å². The van der Waals surface area contributed by atoms with Crippen LogP contribution in [0.2, 0.25) is 5.02 Å². The highest BCUT2D eigenvalue weighted by molar-refractivity contribution is 6.30. The van der Waals surface area contributed by atoms with Crippen LogP contribution in [0, 0.1) is 0 Å². The Labute approximate surface area is 141 Å². The van der Waals surface area contributed by atoms with Crippen molar-refractivity contribution in [3.05, 3.63) is 58.7 Å². The Morgan fingerprint density at radius 3 is 2.52 bits per heavy atom. The zero-order valence-electron chi connectivity index (χ0n) is 13.3. The number of benzene rings is 1. The number of rotatable bonds is 7. The van der Waals surface area contributed by atoms with Crippen LogP contribution < -0.4 is 10.6 Å². The maximum atomic E-state index is 11.9. The molecule has 6 heteroatoms. The van der Waals surface area contributed by atoms with Crippen LogP contribution in [0.3, 0.4) is 0 Å². The molecule has 2 N–H and O–H groups in total. The van der Waals surface area contributed by atoms with E-state index in [4.69, 9.17) is 11.6 Å². The van der Waals surface area contributed by atoms with E-state index in [1.807, 2.05) is 43.3 Å². The fourth-order valence-corrected chi connectivity index (χ4v) is 2.05. The van der Waals surface area contributed by atoms with Gasteiger partial charge in [-0.2, -0.15) is 0 Å². The SMILES string of the molecule is CN(C)CCNC(=O)c1ccc(NCc2ccc(Cl)cc2)nc1. The average Bonchev–Trinajstić information content (AvgIpc) is 2.54. The number of halogens is 1. The van der Waals surface area contributed by atoms with Gasteiger partial charge in [0, 0.05) is 30.9 Å². The van der Waals surface area contributed by atoms with Crippen molar-refractivity contribution in [3.63, 3.8) is 0 Å². The van der Waals surface area contributed by atoms with Gasteiger partial charge in [0.2, 0.25) is 0 Å². The molecule has 0 aliphatic rings. The van der Waals surface area contributed by atoms with Crippen molar-refractivity contribution < 1.29 is 4.79 Å². The van der Waals surface area contributed by atoms with Gasteiger partial charge in [0.05, 0.1) is 5.56 Å². The van der Waals surface area contributed by atoms with Gasteiger partial charge < -0.3 is 15.5 Å². The number of nitrogens with one attached hydrogen (secondary N) is 2. The van der Waals surface area contributed by atoms with E-state index in [1.54, 1.807) is 18.3 Å². The van der Waals surface area contributed by atoms with E-state index in [9.17, 15) is 4.79 Å². The maximum absolute atomic E-state index is 11.9. The number of anilines is 1. The Hall–Kier alpha value is -2.11. The van der Waals surface area contributed by atoms with E-state index in [-0.39, 0.29) is 5.91 Å². The second-order valence-corrected chi connectivity index (χ2v) is 5.91. The highest BCUT2D eigenvalue weighted by atomic mass is 35.5. The Kier molecular flexibility index (Phi) is 6.38. The molecule has 0 saturated carbocycles. The quantitative estimate of drug-likeness (QED) is 0.818. The lowest BCUT2D eigenvalue weighted by molar-refractivity contribution is 0.0950. The number of nitrogens with zero attached hydrogens (tertiary/aromatic N) is 2. The molecule has 122 valence electrons. The fourth-order valence-electron chi connectivity index (χ4n) is 1.92. The molecule has 0 atom stereocenters. The molecule has 5 nitrogen and oxygen atoms in total. The van der Waals surface area contributed by atoms with Crippen molar-refractivity contribution in [3.8, 4) is 0 Å². The van der Waals surface area contributed by atoms with Gasteiger partial charge in [0.25, 0.3) is 5.91 Å². The maximum Gasteiger partial charge on any atom is 0.252 e. The Bertz CT molecular complexity index is 626. The molecule has 1 aromatic heterocycles. The third kappa shape index (κ3) is 5.88. The van der Waals surface area contributed by atoms with Gasteiger partial charge in [-0.25, -0.2) is 4.98 Å². The number of hydrogen-bond acceptors (Lipinski definition) is 4. The van der Waals surface area contributed by atoms with Gasteiger partial charge in [0.1, 0.15) is 5.82 Å². The largest absolute Gasteiger partial charge is 0.366 e. The molecular formula is C17H21ClN4O. The highest BCUT2D eigenvalue weighted by Crippen LogP contribution is 2.11. The molecule has 0 unspecified atom stereocenters. The number of likely N-dealkylation sites (N-methyl/N-ethyl adjacent to an activating group) is 1. The molecule has 0 saturated heterocycles. The molecular weight excluding hydrogens is 312 g/mol. The highest BCUT2D eigenvalue weighted by Gasteiger charge is 2.05. The summed E-state index contributed by atoms with van der Waals surface area (Å²) < 4.78 is 0. The van der Waals surface area contributed by atoms with Crippen LogP contribution in [-0.4, -0.2) is 43.0 Å². The monoisotopic (exact) mass is 332 g/mol. The summed E-state index contributed by atoms with van der Waals surface area (Å²) >= 11 is 5.86. The summed E-state index contributed by atoms with van der Waals surface area (Å²) in [7, 11) is 3.93. The molecule has 2 rings (SSSR count). The molecule has 1 aromatic carbocycles. The lowest BCUT2D eigenvalue weighted by atomic mass is 10.2. The Balaban J connectivity index is 1.84. The van der Waals surface area contributed by atoms with Crippen LogP contribution in [0.4, 0.5) is 5.82 Å². The minimum atomic E-state index is -0.108. The second-order valence-electron chi connectivity index (χ2n) is 5.47. The number of carbonyl (C=O) groups is 1. The molecule has 0 spiro atoms. The van der Waals surface area contributed by atoms with Crippen LogP contribution in [0.1, 0.15) is 15.9 Å². The summed E-state index contributed by atoms with van der Waals surface area (Å²) in [4.78, 5) is 18.2. The summed E-state index contributed by atoms with van der Waals surface area (Å²) in [5.41, 5.74) is 1.67. The number of pyridine rings is 1. The molecule has 2 aromatic rings.